The Morgan fingerprint density at radius 3 is 2.67 bits per heavy atom. The van der Waals surface area contributed by atoms with E-state index in [9.17, 15) is 23.1 Å². The van der Waals surface area contributed by atoms with E-state index < -0.39 is 24.9 Å². The van der Waals surface area contributed by atoms with E-state index in [0.29, 0.717) is 11.3 Å². The van der Waals surface area contributed by atoms with Crippen LogP contribution in [-0.4, -0.2) is 23.9 Å². The fraction of sp³-hybridized carbons (Fsp3) is 0.364. The van der Waals surface area contributed by atoms with Crippen LogP contribution in [0.2, 0.25) is 0 Å². The third kappa shape index (κ3) is 5.05. The van der Waals surface area contributed by atoms with Gasteiger partial charge < -0.3 is 15.7 Å². The lowest BCUT2D eigenvalue weighted by atomic mass is 10.1. The lowest BCUT2D eigenvalue weighted by molar-refractivity contribution is -0.122. The van der Waals surface area contributed by atoms with Crippen LogP contribution >= 0.6 is 0 Å². The second kappa shape index (κ2) is 5.72. The average molecular weight is 262 g/mol. The number of anilines is 1. The Labute approximate surface area is 102 Å². The molecule has 0 heterocycles. The van der Waals surface area contributed by atoms with Crippen molar-refractivity contribution in [2.45, 2.75) is 19.2 Å². The van der Waals surface area contributed by atoms with Gasteiger partial charge in [-0.2, -0.15) is 13.2 Å². The zero-order valence-corrected chi connectivity index (χ0v) is 9.58. The molecule has 0 aromatic heterocycles. The molecular formula is C11H13F3N2O2. The molecule has 0 aliphatic heterocycles. The molecule has 7 heteroatoms. The van der Waals surface area contributed by atoms with Crippen LogP contribution in [-0.2, 0) is 0 Å². The number of nitrogens with one attached hydrogen (secondary N) is 2. The summed E-state index contributed by atoms with van der Waals surface area (Å²) in [6.07, 6.45) is -5.16. The number of amides is 2. The smallest absolute Gasteiger partial charge is 0.389 e. The van der Waals surface area contributed by atoms with Crippen molar-refractivity contribution >= 4 is 11.7 Å². The van der Waals surface area contributed by atoms with Crippen LogP contribution in [0.4, 0.5) is 23.7 Å². The lowest BCUT2D eigenvalue weighted by Crippen LogP contribution is -2.36. The Balaban J connectivity index is 2.57. The zero-order valence-electron chi connectivity index (χ0n) is 9.58. The standard InChI is InChI=1S/C11H13F3N2O2/c1-7(17)8-3-2-4-9(5-8)16-10(18)15-6-11(12,13)14/h2-5,7,17H,6H2,1H3,(H2,15,16,18). The maximum Gasteiger partial charge on any atom is 0.405 e. The molecule has 0 fully saturated rings. The highest BCUT2D eigenvalue weighted by atomic mass is 19.4. The number of carbonyl (C=O) groups is 1. The number of carbonyl (C=O) groups excluding carboxylic acids is 1. The van der Waals surface area contributed by atoms with Crippen molar-refractivity contribution in [1.82, 2.24) is 5.32 Å². The van der Waals surface area contributed by atoms with E-state index in [1.165, 1.54) is 12.1 Å². The van der Waals surface area contributed by atoms with E-state index in [2.05, 4.69) is 5.32 Å². The van der Waals surface area contributed by atoms with Crippen LogP contribution in [0.25, 0.3) is 0 Å². The molecule has 100 valence electrons. The third-order valence-corrected chi connectivity index (χ3v) is 2.08. The maximum atomic E-state index is 11.8. The quantitative estimate of drug-likeness (QED) is 0.783. The number of rotatable bonds is 3. The number of halogens is 3. The monoisotopic (exact) mass is 262 g/mol. The highest BCUT2D eigenvalue weighted by Gasteiger charge is 2.27. The van der Waals surface area contributed by atoms with Crippen molar-refractivity contribution in [3.63, 3.8) is 0 Å². The van der Waals surface area contributed by atoms with E-state index >= 15 is 0 Å². The number of hydrogen-bond acceptors (Lipinski definition) is 2. The predicted molar refractivity (Wildman–Crippen MR) is 60.2 cm³/mol. The van der Waals surface area contributed by atoms with Crippen LogP contribution in [0, 0.1) is 0 Å². The van der Waals surface area contributed by atoms with Crippen LogP contribution in [0.15, 0.2) is 24.3 Å². The molecule has 0 saturated carbocycles. The van der Waals surface area contributed by atoms with Crippen LogP contribution in [0.3, 0.4) is 0 Å². The van der Waals surface area contributed by atoms with Crippen LogP contribution in [0.5, 0.6) is 0 Å². The molecule has 18 heavy (non-hydrogen) atoms. The molecule has 0 aliphatic carbocycles. The number of hydrogen-bond donors (Lipinski definition) is 3. The summed E-state index contributed by atoms with van der Waals surface area (Å²) in [7, 11) is 0. The van der Waals surface area contributed by atoms with Gasteiger partial charge in [-0.1, -0.05) is 12.1 Å². The number of aliphatic hydroxyl groups is 1. The van der Waals surface area contributed by atoms with E-state index in [1.54, 1.807) is 24.4 Å². The number of aliphatic hydroxyl groups excluding tert-OH is 1. The molecule has 0 saturated heterocycles. The summed E-state index contributed by atoms with van der Waals surface area (Å²) >= 11 is 0. The minimum absolute atomic E-state index is 0.313. The molecular weight excluding hydrogens is 249 g/mol. The molecule has 0 aliphatic rings. The van der Waals surface area contributed by atoms with Crippen molar-refractivity contribution in [1.29, 1.82) is 0 Å². The summed E-state index contributed by atoms with van der Waals surface area (Å²) in [5, 5.41) is 13.2. The maximum absolute atomic E-state index is 11.8. The molecule has 1 rings (SSSR count). The Morgan fingerprint density at radius 1 is 1.44 bits per heavy atom. The Morgan fingerprint density at radius 2 is 2.11 bits per heavy atom. The molecule has 3 N–H and O–H groups in total. The molecule has 4 nitrogen and oxygen atoms in total. The molecule has 0 bridgehead atoms. The minimum Gasteiger partial charge on any atom is -0.389 e. The molecule has 0 radical (unpaired) electrons. The second-order valence-electron chi connectivity index (χ2n) is 3.72. The number of benzene rings is 1. The molecule has 1 aromatic carbocycles. The second-order valence-corrected chi connectivity index (χ2v) is 3.72. The number of urea groups is 1. The van der Waals surface area contributed by atoms with Crippen LogP contribution < -0.4 is 10.6 Å². The largest absolute Gasteiger partial charge is 0.405 e. The Kier molecular flexibility index (Phi) is 4.55. The highest BCUT2D eigenvalue weighted by molar-refractivity contribution is 5.89. The summed E-state index contributed by atoms with van der Waals surface area (Å²) in [5.41, 5.74) is 0.872. The summed E-state index contributed by atoms with van der Waals surface area (Å²) < 4.78 is 35.5. The first-order chi connectivity index (χ1) is 8.28. The summed E-state index contributed by atoms with van der Waals surface area (Å²) in [4.78, 5) is 11.2. The third-order valence-electron chi connectivity index (χ3n) is 2.08. The van der Waals surface area contributed by atoms with Gasteiger partial charge in [0.15, 0.2) is 0 Å². The van der Waals surface area contributed by atoms with E-state index in [1.807, 2.05) is 0 Å². The first-order valence-corrected chi connectivity index (χ1v) is 5.17. The molecule has 1 unspecified atom stereocenters. The summed E-state index contributed by atoms with van der Waals surface area (Å²) in [5.74, 6) is 0. The molecule has 0 spiro atoms. The van der Waals surface area contributed by atoms with Gasteiger partial charge in [0.1, 0.15) is 6.54 Å². The van der Waals surface area contributed by atoms with Gasteiger partial charge in [0.05, 0.1) is 6.10 Å². The molecule has 2 amide bonds. The van der Waals surface area contributed by atoms with Crippen molar-refractivity contribution < 1.29 is 23.1 Å². The molecule has 1 aromatic rings. The van der Waals surface area contributed by atoms with E-state index in [0.717, 1.165) is 0 Å². The van der Waals surface area contributed by atoms with E-state index in [-0.39, 0.29) is 0 Å². The first-order valence-electron chi connectivity index (χ1n) is 5.17. The van der Waals surface area contributed by atoms with Gasteiger partial charge in [-0.25, -0.2) is 4.79 Å². The first kappa shape index (κ1) is 14.3. The van der Waals surface area contributed by atoms with Crippen molar-refractivity contribution in [3.05, 3.63) is 29.8 Å². The van der Waals surface area contributed by atoms with E-state index in [4.69, 9.17) is 0 Å². The van der Waals surface area contributed by atoms with Crippen molar-refractivity contribution in [2.75, 3.05) is 11.9 Å². The van der Waals surface area contributed by atoms with Crippen molar-refractivity contribution in [2.24, 2.45) is 0 Å². The van der Waals surface area contributed by atoms with Crippen molar-refractivity contribution in [3.8, 4) is 0 Å². The zero-order chi connectivity index (χ0) is 13.8. The number of alkyl halides is 3. The minimum atomic E-state index is -4.45. The average Bonchev–Trinajstić information content (AvgIpc) is 2.26. The summed E-state index contributed by atoms with van der Waals surface area (Å²) in [6.45, 7) is 0.151. The predicted octanol–water partition coefficient (Wildman–Crippen LogP) is 2.42. The van der Waals surface area contributed by atoms with Gasteiger partial charge in [0, 0.05) is 5.69 Å². The van der Waals surface area contributed by atoms with Crippen LogP contribution in [0.1, 0.15) is 18.6 Å². The topological polar surface area (TPSA) is 61.4 Å². The summed E-state index contributed by atoms with van der Waals surface area (Å²) in [6, 6.07) is 5.27. The van der Waals surface area contributed by atoms with Gasteiger partial charge in [-0.15, -0.1) is 0 Å². The van der Waals surface area contributed by atoms with Gasteiger partial charge in [-0.05, 0) is 24.6 Å². The highest BCUT2D eigenvalue weighted by Crippen LogP contribution is 2.17. The fourth-order valence-electron chi connectivity index (χ4n) is 1.23. The van der Waals surface area contributed by atoms with Gasteiger partial charge in [-0.3, -0.25) is 0 Å². The normalized spacial score (nSPS) is 12.9. The lowest BCUT2D eigenvalue weighted by Gasteiger charge is -2.11. The SMILES string of the molecule is CC(O)c1cccc(NC(=O)NCC(F)(F)F)c1. The van der Waals surface area contributed by atoms with Gasteiger partial charge in [0.2, 0.25) is 0 Å². The van der Waals surface area contributed by atoms with Gasteiger partial charge >= 0.3 is 12.2 Å². The fourth-order valence-corrected chi connectivity index (χ4v) is 1.23. The Hall–Kier alpha value is -1.76. The van der Waals surface area contributed by atoms with Gasteiger partial charge in [0.25, 0.3) is 0 Å². The molecule has 1 atom stereocenters. The Bertz CT molecular complexity index is 419.